The van der Waals surface area contributed by atoms with Gasteiger partial charge in [0.25, 0.3) is 5.91 Å². The molecule has 0 fully saturated rings. The largest absolute Gasteiger partial charge is 0.497 e. The summed E-state index contributed by atoms with van der Waals surface area (Å²) in [5, 5.41) is 17.6. The number of rotatable bonds is 9. The summed E-state index contributed by atoms with van der Waals surface area (Å²) in [6.45, 7) is 2.21. The van der Waals surface area contributed by atoms with Crippen LogP contribution >= 0.6 is 0 Å². The number of nitrogens with one attached hydrogen (secondary N) is 3. The predicted octanol–water partition coefficient (Wildman–Crippen LogP) is 3.90. The summed E-state index contributed by atoms with van der Waals surface area (Å²) in [6, 6.07) is 15.5. The van der Waals surface area contributed by atoms with Crippen LogP contribution in [0.4, 0.5) is 0 Å². The second kappa shape index (κ2) is 11.9. The fourth-order valence-corrected chi connectivity index (χ4v) is 4.54. The maximum atomic E-state index is 12.5. The molecule has 6 rings (SSSR count). The number of amides is 1. The van der Waals surface area contributed by atoms with Gasteiger partial charge < -0.3 is 29.2 Å². The minimum absolute atomic E-state index is 0.137. The lowest BCUT2D eigenvalue weighted by Crippen LogP contribution is -2.24. The summed E-state index contributed by atoms with van der Waals surface area (Å²) in [5.74, 6) is 2.56. The number of carbonyl (C=O) groups is 1. The molecule has 216 valence electrons. The Labute approximate surface area is 244 Å². The molecule has 3 N–H and O–H groups in total. The van der Waals surface area contributed by atoms with Crippen molar-refractivity contribution in [3.05, 3.63) is 94.0 Å². The topological polar surface area (TPSA) is 166 Å². The Hall–Kier alpha value is -5.98. The average molecular weight is 580 g/mol. The normalized spacial score (nSPS) is 12.0. The zero-order valence-electron chi connectivity index (χ0n) is 23.1. The van der Waals surface area contributed by atoms with Crippen molar-refractivity contribution in [2.75, 3.05) is 20.4 Å². The lowest BCUT2D eigenvalue weighted by molar-refractivity contribution is 0.0957. The van der Waals surface area contributed by atoms with Gasteiger partial charge in [-0.05, 0) is 48.0 Å². The number of hydrogen-bond acceptors (Lipinski definition) is 10. The summed E-state index contributed by atoms with van der Waals surface area (Å²) in [6.07, 6.45) is 5.04. The number of pyridine rings is 2. The summed E-state index contributed by atoms with van der Waals surface area (Å²) in [7, 11) is 1.60. The van der Waals surface area contributed by atoms with Crippen LogP contribution in [0.5, 0.6) is 28.9 Å². The third-order valence-electron chi connectivity index (χ3n) is 6.61. The first-order valence-corrected chi connectivity index (χ1v) is 13.1. The molecule has 0 saturated heterocycles. The zero-order valence-corrected chi connectivity index (χ0v) is 23.1. The Morgan fingerprint density at radius 1 is 1.05 bits per heavy atom. The van der Waals surface area contributed by atoms with Gasteiger partial charge in [-0.25, -0.2) is 4.98 Å². The van der Waals surface area contributed by atoms with Crippen LogP contribution in [0.25, 0.3) is 28.6 Å². The van der Waals surface area contributed by atoms with E-state index in [9.17, 15) is 9.59 Å². The summed E-state index contributed by atoms with van der Waals surface area (Å²) < 4.78 is 22.6. The standard InChI is InChI=1S/C30H25N7O6/c1-17-22(4-3-13-31-29(39)19-7-12-25(38)32-15-19)26(18-5-8-20(40-2)9-6-18)27(28-34-36-37-35-28)30(33-17)43-21-10-11-23-24(14-21)42-16-41-23/h3-12,14-15H,13,16H2,1-2H3,(H,31,39)(H,32,38)(H,34,35,36,37). The number of nitrogens with zero attached hydrogens (tertiary/aromatic N) is 4. The third-order valence-corrected chi connectivity index (χ3v) is 6.61. The maximum Gasteiger partial charge on any atom is 0.253 e. The van der Waals surface area contributed by atoms with Crippen LogP contribution in [0, 0.1) is 6.92 Å². The number of fused-ring (bicyclic) bond motifs is 1. The molecule has 0 atom stereocenters. The van der Waals surface area contributed by atoms with Gasteiger partial charge in [-0.15, -0.1) is 10.2 Å². The van der Waals surface area contributed by atoms with Crippen LogP contribution in [0.2, 0.25) is 0 Å². The lowest BCUT2D eigenvalue weighted by atomic mass is 9.93. The molecule has 0 unspecified atom stereocenters. The second-order valence-electron chi connectivity index (χ2n) is 9.30. The van der Waals surface area contributed by atoms with Crippen LogP contribution in [-0.4, -0.2) is 56.9 Å². The number of carbonyl (C=O) groups excluding carboxylic acids is 1. The summed E-state index contributed by atoms with van der Waals surface area (Å²) in [4.78, 5) is 31.1. The van der Waals surface area contributed by atoms with E-state index in [0.29, 0.717) is 39.8 Å². The minimum Gasteiger partial charge on any atom is -0.497 e. The molecule has 13 nitrogen and oxygen atoms in total. The smallest absolute Gasteiger partial charge is 0.253 e. The van der Waals surface area contributed by atoms with Gasteiger partial charge in [0.15, 0.2) is 11.5 Å². The number of aromatic amines is 2. The molecule has 43 heavy (non-hydrogen) atoms. The van der Waals surface area contributed by atoms with E-state index in [1.54, 1.807) is 31.4 Å². The number of H-pyrrole nitrogens is 2. The van der Waals surface area contributed by atoms with Crippen LogP contribution in [-0.2, 0) is 0 Å². The van der Waals surface area contributed by atoms with Crippen LogP contribution in [0.1, 0.15) is 21.6 Å². The zero-order chi connectivity index (χ0) is 29.8. The van der Waals surface area contributed by atoms with Gasteiger partial charge in [0, 0.05) is 41.7 Å². The molecule has 0 saturated carbocycles. The first-order valence-electron chi connectivity index (χ1n) is 13.1. The molecule has 1 aliphatic heterocycles. The quantitative estimate of drug-likeness (QED) is 0.233. The number of ether oxygens (including phenoxy) is 4. The highest BCUT2D eigenvalue weighted by molar-refractivity contribution is 5.94. The molecule has 0 bridgehead atoms. The molecule has 2 aromatic carbocycles. The summed E-state index contributed by atoms with van der Waals surface area (Å²) >= 11 is 0. The van der Waals surface area contributed by atoms with E-state index in [0.717, 1.165) is 16.7 Å². The predicted molar refractivity (Wildman–Crippen MR) is 155 cm³/mol. The van der Waals surface area contributed by atoms with E-state index in [-0.39, 0.29) is 36.5 Å². The first-order chi connectivity index (χ1) is 21.0. The summed E-state index contributed by atoms with van der Waals surface area (Å²) in [5.41, 5.74) is 3.51. The van der Waals surface area contributed by atoms with Gasteiger partial charge in [0.2, 0.25) is 24.1 Å². The van der Waals surface area contributed by atoms with Gasteiger partial charge in [0.1, 0.15) is 11.5 Å². The number of benzene rings is 2. The molecule has 0 aliphatic carbocycles. The highest BCUT2D eigenvalue weighted by atomic mass is 16.7. The molecular weight excluding hydrogens is 554 g/mol. The van der Waals surface area contributed by atoms with Crippen molar-refractivity contribution in [1.29, 1.82) is 0 Å². The van der Waals surface area contributed by atoms with Crippen LogP contribution in [0.3, 0.4) is 0 Å². The van der Waals surface area contributed by atoms with Crippen molar-refractivity contribution < 1.29 is 23.7 Å². The third kappa shape index (κ3) is 5.77. The minimum atomic E-state index is -0.328. The Kier molecular flexibility index (Phi) is 7.51. The number of methoxy groups -OCH3 is 1. The van der Waals surface area contributed by atoms with E-state index in [1.807, 2.05) is 37.3 Å². The van der Waals surface area contributed by atoms with Crippen molar-refractivity contribution in [3.8, 4) is 51.4 Å². The number of hydrogen-bond donors (Lipinski definition) is 3. The van der Waals surface area contributed by atoms with Gasteiger partial charge in [-0.2, -0.15) is 5.21 Å². The van der Waals surface area contributed by atoms with Gasteiger partial charge in [-0.1, -0.05) is 24.3 Å². The highest BCUT2D eigenvalue weighted by Gasteiger charge is 2.25. The van der Waals surface area contributed by atoms with E-state index in [2.05, 4.69) is 30.9 Å². The molecule has 3 aromatic heterocycles. The molecule has 0 spiro atoms. The number of aromatic nitrogens is 6. The molecule has 13 heteroatoms. The van der Waals surface area contributed by atoms with E-state index in [1.165, 1.54) is 18.3 Å². The maximum absolute atomic E-state index is 12.5. The number of tetrazole rings is 1. The Morgan fingerprint density at radius 3 is 2.60 bits per heavy atom. The second-order valence-corrected chi connectivity index (χ2v) is 9.30. The highest BCUT2D eigenvalue weighted by Crippen LogP contribution is 2.44. The first kappa shape index (κ1) is 27.2. The van der Waals surface area contributed by atoms with Crippen molar-refractivity contribution in [3.63, 3.8) is 0 Å². The van der Waals surface area contributed by atoms with Crippen LogP contribution < -0.4 is 29.8 Å². The molecule has 1 amide bonds. The Balaban J connectivity index is 1.41. The van der Waals surface area contributed by atoms with Crippen LogP contribution in [0.15, 0.2) is 71.7 Å². The molecular formula is C30H25N7O6. The molecule has 5 aromatic rings. The van der Waals surface area contributed by atoms with Gasteiger partial charge in [-0.3, -0.25) is 9.59 Å². The average Bonchev–Trinajstić information content (AvgIpc) is 3.73. The SMILES string of the molecule is COc1ccc(-c2c(C=CCNC(=O)c3ccc(=O)[nH]c3)c(C)nc(Oc3ccc4c(c3)OCO4)c2-c2nn[nH]n2)cc1. The van der Waals surface area contributed by atoms with Crippen molar-refractivity contribution in [2.24, 2.45) is 0 Å². The van der Waals surface area contributed by atoms with Crippen molar-refractivity contribution >= 4 is 12.0 Å². The lowest BCUT2D eigenvalue weighted by Gasteiger charge is -2.18. The van der Waals surface area contributed by atoms with Crippen molar-refractivity contribution in [2.45, 2.75) is 6.92 Å². The van der Waals surface area contributed by atoms with E-state index in [4.69, 9.17) is 23.9 Å². The van der Waals surface area contributed by atoms with Crippen molar-refractivity contribution in [1.82, 2.24) is 35.9 Å². The molecule has 0 radical (unpaired) electrons. The Morgan fingerprint density at radius 2 is 1.86 bits per heavy atom. The van der Waals surface area contributed by atoms with E-state index < -0.39 is 0 Å². The number of aryl methyl sites for hydroxylation is 1. The monoisotopic (exact) mass is 579 g/mol. The van der Waals surface area contributed by atoms with E-state index >= 15 is 0 Å². The fraction of sp³-hybridized carbons (Fsp3) is 0.133. The van der Waals surface area contributed by atoms with Gasteiger partial charge in [0.05, 0.1) is 18.2 Å². The molecule has 4 heterocycles. The van der Waals surface area contributed by atoms with Gasteiger partial charge >= 0.3 is 0 Å². The fourth-order valence-electron chi connectivity index (χ4n) is 4.54. The molecule has 1 aliphatic rings. The Bertz CT molecular complexity index is 1850.